The normalized spacial score (nSPS) is 25.0. The van der Waals surface area contributed by atoms with Crippen molar-refractivity contribution in [3.63, 3.8) is 0 Å². The van der Waals surface area contributed by atoms with Crippen molar-refractivity contribution in [3.05, 3.63) is 0 Å². The first kappa shape index (κ1) is 15.9. The van der Waals surface area contributed by atoms with Crippen LogP contribution in [0.3, 0.4) is 0 Å². The minimum atomic E-state index is 0.170. The summed E-state index contributed by atoms with van der Waals surface area (Å²) in [4.78, 5) is 2.13. The second kappa shape index (κ2) is 7.43. The maximum atomic E-state index is 5.96. The standard InChI is InChI=1S/C14H30N2O2/c1-14(2,3)15-10-12-6-7-13(18-12)11-17-9-8-16(4)5/h12-13,15H,6-11H2,1-5H3. The van der Waals surface area contributed by atoms with Gasteiger partial charge in [0.1, 0.15) is 0 Å². The maximum absolute atomic E-state index is 5.96. The Morgan fingerprint density at radius 2 is 1.89 bits per heavy atom. The summed E-state index contributed by atoms with van der Waals surface area (Å²) < 4.78 is 11.6. The van der Waals surface area contributed by atoms with Crippen LogP contribution in [0.25, 0.3) is 0 Å². The van der Waals surface area contributed by atoms with Gasteiger partial charge in [0.15, 0.2) is 0 Å². The summed E-state index contributed by atoms with van der Waals surface area (Å²) in [5.41, 5.74) is 0.170. The van der Waals surface area contributed by atoms with Crippen molar-refractivity contribution in [1.29, 1.82) is 0 Å². The lowest BCUT2D eigenvalue weighted by Gasteiger charge is -2.23. The molecule has 1 rings (SSSR count). The topological polar surface area (TPSA) is 33.7 Å². The monoisotopic (exact) mass is 258 g/mol. The minimum Gasteiger partial charge on any atom is -0.377 e. The summed E-state index contributed by atoms with van der Waals surface area (Å²) >= 11 is 0. The fourth-order valence-electron chi connectivity index (χ4n) is 1.93. The molecule has 2 unspecified atom stereocenters. The number of rotatable bonds is 7. The third-order valence-electron chi connectivity index (χ3n) is 3.04. The molecule has 1 heterocycles. The molecule has 0 saturated carbocycles. The number of hydrogen-bond acceptors (Lipinski definition) is 4. The van der Waals surface area contributed by atoms with Crippen LogP contribution in [0, 0.1) is 0 Å². The van der Waals surface area contributed by atoms with Gasteiger partial charge in [-0.05, 0) is 47.7 Å². The number of ether oxygens (including phenoxy) is 2. The van der Waals surface area contributed by atoms with Gasteiger partial charge in [-0.2, -0.15) is 0 Å². The molecule has 0 amide bonds. The van der Waals surface area contributed by atoms with E-state index in [0.29, 0.717) is 12.2 Å². The number of nitrogens with one attached hydrogen (secondary N) is 1. The highest BCUT2D eigenvalue weighted by Crippen LogP contribution is 2.20. The van der Waals surface area contributed by atoms with Crippen molar-refractivity contribution in [2.24, 2.45) is 0 Å². The van der Waals surface area contributed by atoms with Crippen LogP contribution >= 0.6 is 0 Å². The van der Waals surface area contributed by atoms with E-state index in [2.05, 4.69) is 45.1 Å². The Kier molecular flexibility index (Phi) is 6.57. The number of nitrogens with zero attached hydrogens (tertiary/aromatic N) is 1. The second-order valence-corrected chi connectivity index (χ2v) is 6.47. The molecule has 1 aliphatic rings. The Bertz CT molecular complexity index is 226. The van der Waals surface area contributed by atoms with Gasteiger partial charge in [-0.15, -0.1) is 0 Å². The molecule has 4 heteroatoms. The lowest BCUT2D eigenvalue weighted by molar-refractivity contribution is -0.0178. The molecule has 0 aromatic heterocycles. The molecule has 1 aliphatic heterocycles. The van der Waals surface area contributed by atoms with Crippen LogP contribution in [0.5, 0.6) is 0 Å². The zero-order valence-electron chi connectivity index (χ0n) is 12.7. The highest BCUT2D eigenvalue weighted by Gasteiger charge is 2.26. The van der Waals surface area contributed by atoms with Crippen LogP contribution in [0.15, 0.2) is 0 Å². The third kappa shape index (κ3) is 7.31. The summed E-state index contributed by atoms with van der Waals surface area (Å²) in [6.07, 6.45) is 2.91. The second-order valence-electron chi connectivity index (χ2n) is 6.47. The molecular weight excluding hydrogens is 228 g/mol. The molecule has 1 N–H and O–H groups in total. The number of likely N-dealkylation sites (N-methyl/N-ethyl adjacent to an activating group) is 1. The van der Waals surface area contributed by atoms with Crippen molar-refractivity contribution in [3.8, 4) is 0 Å². The summed E-state index contributed by atoms with van der Waals surface area (Å²) in [5.74, 6) is 0. The molecule has 0 aliphatic carbocycles. The van der Waals surface area contributed by atoms with Crippen LogP contribution < -0.4 is 5.32 Å². The van der Waals surface area contributed by atoms with E-state index in [0.717, 1.165) is 39.1 Å². The Balaban J connectivity index is 2.06. The van der Waals surface area contributed by atoms with E-state index in [9.17, 15) is 0 Å². The quantitative estimate of drug-likeness (QED) is 0.702. The van der Waals surface area contributed by atoms with E-state index in [1.54, 1.807) is 0 Å². The first-order valence-electron chi connectivity index (χ1n) is 7.00. The maximum Gasteiger partial charge on any atom is 0.0813 e. The Labute approximate surface area is 112 Å². The van der Waals surface area contributed by atoms with Gasteiger partial charge in [-0.25, -0.2) is 0 Å². The van der Waals surface area contributed by atoms with Crippen molar-refractivity contribution in [2.75, 3.05) is 40.4 Å². The molecule has 1 saturated heterocycles. The molecule has 0 spiro atoms. The van der Waals surface area contributed by atoms with E-state index in [-0.39, 0.29) is 5.54 Å². The fourth-order valence-corrected chi connectivity index (χ4v) is 1.93. The fraction of sp³-hybridized carbons (Fsp3) is 1.00. The molecule has 0 radical (unpaired) electrons. The summed E-state index contributed by atoms with van der Waals surface area (Å²) in [7, 11) is 4.12. The van der Waals surface area contributed by atoms with Gasteiger partial charge in [0.25, 0.3) is 0 Å². The van der Waals surface area contributed by atoms with Gasteiger partial charge in [0, 0.05) is 18.6 Å². The van der Waals surface area contributed by atoms with E-state index >= 15 is 0 Å². The van der Waals surface area contributed by atoms with E-state index in [1.807, 2.05) is 0 Å². The van der Waals surface area contributed by atoms with E-state index in [4.69, 9.17) is 9.47 Å². The van der Waals surface area contributed by atoms with Crippen molar-refractivity contribution in [2.45, 2.75) is 51.4 Å². The van der Waals surface area contributed by atoms with Crippen LogP contribution in [-0.2, 0) is 9.47 Å². The zero-order valence-corrected chi connectivity index (χ0v) is 12.7. The molecule has 0 bridgehead atoms. The smallest absolute Gasteiger partial charge is 0.0813 e. The average molecular weight is 258 g/mol. The highest BCUT2D eigenvalue weighted by molar-refractivity contribution is 4.79. The zero-order chi connectivity index (χ0) is 13.6. The molecule has 0 aromatic rings. The Hall–Kier alpha value is -0.160. The first-order valence-corrected chi connectivity index (χ1v) is 7.00. The van der Waals surface area contributed by atoms with Gasteiger partial charge in [-0.1, -0.05) is 0 Å². The van der Waals surface area contributed by atoms with Crippen LogP contribution in [0.2, 0.25) is 0 Å². The summed E-state index contributed by atoms with van der Waals surface area (Å²) in [6.45, 7) is 9.99. The average Bonchev–Trinajstić information content (AvgIpc) is 2.68. The highest BCUT2D eigenvalue weighted by atomic mass is 16.5. The largest absolute Gasteiger partial charge is 0.377 e. The molecule has 0 aromatic carbocycles. The predicted octanol–water partition coefficient (Wildman–Crippen LogP) is 1.50. The van der Waals surface area contributed by atoms with Gasteiger partial charge >= 0.3 is 0 Å². The minimum absolute atomic E-state index is 0.170. The molecule has 2 atom stereocenters. The predicted molar refractivity (Wildman–Crippen MR) is 75.0 cm³/mol. The lowest BCUT2D eigenvalue weighted by Crippen LogP contribution is -2.41. The van der Waals surface area contributed by atoms with Crippen LogP contribution in [0.4, 0.5) is 0 Å². The van der Waals surface area contributed by atoms with Gasteiger partial charge in [0.05, 0.1) is 25.4 Å². The molecule has 108 valence electrons. The third-order valence-corrected chi connectivity index (χ3v) is 3.04. The molecule has 18 heavy (non-hydrogen) atoms. The van der Waals surface area contributed by atoms with Crippen LogP contribution in [-0.4, -0.2) is 63.0 Å². The summed E-state index contributed by atoms with van der Waals surface area (Å²) in [6, 6.07) is 0. The summed E-state index contributed by atoms with van der Waals surface area (Å²) in [5, 5.41) is 3.49. The van der Waals surface area contributed by atoms with Gasteiger partial charge < -0.3 is 19.7 Å². The van der Waals surface area contributed by atoms with Crippen molar-refractivity contribution < 1.29 is 9.47 Å². The van der Waals surface area contributed by atoms with Crippen LogP contribution in [0.1, 0.15) is 33.6 Å². The van der Waals surface area contributed by atoms with Crippen molar-refractivity contribution >= 4 is 0 Å². The molecule has 1 fully saturated rings. The van der Waals surface area contributed by atoms with E-state index < -0.39 is 0 Å². The lowest BCUT2D eigenvalue weighted by atomic mass is 10.1. The molecular formula is C14H30N2O2. The van der Waals surface area contributed by atoms with Gasteiger partial charge in [0.2, 0.25) is 0 Å². The Morgan fingerprint density at radius 1 is 1.22 bits per heavy atom. The number of hydrogen-bond donors (Lipinski definition) is 1. The SMILES string of the molecule is CN(C)CCOCC1CCC(CNC(C)(C)C)O1. The van der Waals surface area contributed by atoms with E-state index in [1.165, 1.54) is 0 Å². The first-order chi connectivity index (χ1) is 8.37. The van der Waals surface area contributed by atoms with Crippen molar-refractivity contribution in [1.82, 2.24) is 10.2 Å². The Morgan fingerprint density at radius 3 is 2.50 bits per heavy atom. The molecule has 4 nitrogen and oxygen atoms in total. The van der Waals surface area contributed by atoms with Gasteiger partial charge in [-0.3, -0.25) is 0 Å².